The van der Waals surface area contributed by atoms with Gasteiger partial charge in [0.05, 0.1) is 0 Å². The lowest BCUT2D eigenvalue weighted by molar-refractivity contribution is 0.216. The molecule has 0 spiro atoms. The second-order valence-corrected chi connectivity index (χ2v) is 11.3. The molecule has 1 atom stereocenters. The molecule has 0 aromatic heterocycles. The van der Waals surface area contributed by atoms with Crippen LogP contribution in [-0.2, 0) is 26.4 Å². The van der Waals surface area contributed by atoms with Gasteiger partial charge in [0.1, 0.15) is 55.5 Å². The third kappa shape index (κ3) is 9.38. The zero-order valence-corrected chi connectivity index (χ0v) is 26.7. The molecular weight excluding hydrogens is 596 g/mol. The van der Waals surface area contributed by atoms with E-state index in [4.69, 9.17) is 18.9 Å². The average molecular weight is 635 g/mol. The molecule has 0 fully saturated rings. The van der Waals surface area contributed by atoms with E-state index in [1.807, 2.05) is 164 Å². The van der Waals surface area contributed by atoms with Crippen LogP contribution in [0.4, 0.5) is 0 Å². The van der Waals surface area contributed by atoms with Crippen LogP contribution in [0.2, 0.25) is 0 Å². The van der Waals surface area contributed by atoms with E-state index in [9.17, 15) is 5.11 Å². The summed E-state index contributed by atoms with van der Waals surface area (Å²) in [6, 6.07) is 51.3. The maximum absolute atomic E-state index is 11.4. The van der Waals surface area contributed by atoms with Crippen molar-refractivity contribution >= 4 is 6.08 Å². The van der Waals surface area contributed by atoms with E-state index in [-0.39, 0.29) is 0 Å². The van der Waals surface area contributed by atoms with Gasteiger partial charge in [-0.2, -0.15) is 0 Å². The van der Waals surface area contributed by atoms with E-state index < -0.39 is 6.10 Å². The van der Waals surface area contributed by atoms with Crippen LogP contribution in [0.1, 0.15) is 39.5 Å². The molecule has 1 unspecified atom stereocenters. The fourth-order valence-electron chi connectivity index (χ4n) is 5.09. The summed E-state index contributed by atoms with van der Waals surface area (Å²) in [5, 5.41) is 11.4. The van der Waals surface area contributed by atoms with Gasteiger partial charge in [0.15, 0.2) is 0 Å². The van der Waals surface area contributed by atoms with Crippen molar-refractivity contribution in [1.29, 1.82) is 0 Å². The fourth-order valence-corrected chi connectivity index (χ4v) is 5.09. The minimum Gasteiger partial charge on any atom is -0.489 e. The molecular formula is C43H38O5. The molecule has 0 aliphatic rings. The number of benzene rings is 6. The molecule has 5 nitrogen and oxygen atoms in total. The molecule has 48 heavy (non-hydrogen) atoms. The molecule has 6 rings (SSSR count). The van der Waals surface area contributed by atoms with Crippen LogP contribution >= 0.6 is 0 Å². The van der Waals surface area contributed by atoms with Crippen LogP contribution in [0.25, 0.3) is 6.08 Å². The highest BCUT2D eigenvalue weighted by atomic mass is 16.5. The minimum atomic E-state index is -0.949. The second kappa shape index (κ2) is 16.7. The summed E-state index contributed by atoms with van der Waals surface area (Å²) < 4.78 is 24.7. The van der Waals surface area contributed by atoms with E-state index in [2.05, 4.69) is 0 Å². The Labute approximate surface area is 282 Å². The molecule has 0 radical (unpaired) electrons. The van der Waals surface area contributed by atoms with Crippen LogP contribution in [0.15, 0.2) is 164 Å². The first-order valence-corrected chi connectivity index (χ1v) is 16.0. The predicted octanol–water partition coefficient (Wildman–Crippen LogP) is 9.75. The Hall–Kier alpha value is -5.78. The maximum atomic E-state index is 11.4. The van der Waals surface area contributed by atoms with Crippen molar-refractivity contribution < 1.29 is 24.1 Å². The van der Waals surface area contributed by atoms with Gasteiger partial charge in [-0.1, -0.05) is 133 Å². The molecule has 0 heterocycles. The number of aliphatic hydroxyl groups is 1. The lowest BCUT2D eigenvalue weighted by Crippen LogP contribution is -2.03. The Morgan fingerprint density at radius 2 is 0.833 bits per heavy atom. The Balaban J connectivity index is 1.22. The molecule has 0 bridgehead atoms. The SMILES string of the molecule is OC(/C=C/c1ccc(OCc2ccccc2)cc1OCc1ccccc1)c1ccc(OCc2ccccc2)cc1OCc1ccccc1. The van der Waals surface area contributed by atoms with Crippen LogP contribution in [0.3, 0.4) is 0 Å². The van der Waals surface area contributed by atoms with Crippen molar-refractivity contribution in [2.45, 2.75) is 32.5 Å². The summed E-state index contributed by atoms with van der Waals surface area (Å²) in [7, 11) is 0. The third-order valence-corrected chi connectivity index (χ3v) is 7.72. The monoisotopic (exact) mass is 634 g/mol. The molecule has 6 aromatic carbocycles. The molecule has 0 aliphatic heterocycles. The smallest absolute Gasteiger partial charge is 0.130 e. The number of hydrogen-bond acceptors (Lipinski definition) is 5. The fraction of sp³-hybridized carbons (Fsp3) is 0.116. The van der Waals surface area contributed by atoms with Gasteiger partial charge in [-0.05, 0) is 46.5 Å². The highest BCUT2D eigenvalue weighted by Gasteiger charge is 2.14. The first-order chi connectivity index (χ1) is 23.7. The van der Waals surface area contributed by atoms with Crippen LogP contribution in [-0.4, -0.2) is 5.11 Å². The number of rotatable bonds is 15. The van der Waals surface area contributed by atoms with Gasteiger partial charge in [0.2, 0.25) is 0 Å². The van der Waals surface area contributed by atoms with Gasteiger partial charge >= 0.3 is 0 Å². The topological polar surface area (TPSA) is 57.2 Å². The number of hydrogen-bond donors (Lipinski definition) is 1. The molecule has 240 valence electrons. The zero-order chi connectivity index (χ0) is 32.8. The van der Waals surface area contributed by atoms with Crippen LogP contribution in [0, 0.1) is 0 Å². The Morgan fingerprint density at radius 3 is 1.31 bits per heavy atom. The molecule has 0 aliphatic carbocycles. The highest BCUT2D eigenvalue weighted by Crippen LogP contribution is 2.33. The van der Waals surface area contributed by atoms with E-state index in [1.54, 1.807) is 6.08 Å². The van der Waals surface area contributed by atoms with Gasteiger partial charge in [-0.25, -0.2) is 0 Å². The lowest BCUT2D eigenvalue weighted by Gasteiger charge is -2.17. The summed E-state index contributed by atoms with van der Waals surface area (Å²) >= 11 is 0. The van der Waals surface area contributed by atoms with E-state index in [0.29, 0.717) is 55.0 Å². The van der Waals surface area contributed by atoms with Crippen molar-refractivity contribution in [1.82, 2.24) is 0 Å². The first kappa shape index (κ1) is 32.2. The number of ether oxygens (including phenoxy) is 4. The maximum Gasteiger partial charge on any atom is 0.130 e. The van der Waals surface area contributed by atoms with Crippen molar-refractivity contribution in [2.24, 2.45) is 0 Å². The Morgan fingerprint density at radius 1 is 0.438 bits per heavy atom. The molecule has 0 amide bonds. The molecule has 5 heteroatoms. The molecule has 6 aromatic rings. The largest absolute Gasteiger partial charge is 0.489 e. The zero-order valence-electron chi connectivity index (χ0n) is 26.7. The van der Waals surface area contributed by atoms with Crippen molar-refractivity contribution in [3.8, 4) is 23.0 Å². The lowest BCUT2D eigenvalue weighted by atomic mass is 10.1. The van der Waals surface area contributed by atoms with Crippen molar-refractivity contribution in [2.75, 3.05) is 0 Å². The summed E-state index contributed by atoms with van der Waals surface area (Å²) in [6.45, 7) is 1.63. The predicted molar refractivity (Wildman–Crippen MR) is 190 cm³/mol. The number of aliphatic hydroxyl groups excluding tert-OH is 1. The van der Waals surface area contributed by atoms with Gasteiger partial charge < -0.3 is 24.1 Å². The van der Waals surface area contributed by atoms with Gasteiger partial charge in [0.25, 0.3) is 0 Å². The van der Waals surface area contributed by atoms with Crippen molar-refractivity contribution in [3.05, 3.63) is 197 Å². The quantitative estimate of drug-likeness (QED) is 0.122. The van der Waals surface area contributed by atoms with Crippen molar-refractivity contribution in [3.63, 3.8) is 0 Å². The summed E-state index contributed by atoms with van der Waals surface area (Å²) in [4.78, 5) is 0. The minimum absolute atomic E-state index is 0.355. The normalized spacial score (nSPS) is 11.6. The van der Waals surface area contributed by atoms with Crippen LogP contribution < -0.4 is 18.9 Å². The second-order valence-electron chi connectivity index (χ2n) is 11.3. The van der Waals surface area contributed by atoms with E-state index in [0.717, 1.165) is 27.8 Å². The summed E-state index contributed by atoms with van der Waals surface area (Å²) in [5.74, 6) is 2.55. The third-order valence-electron chi connectivity index (χ3n) is 7.72. The van der Waals surface area contributed by atoms with Gasteiger partial charge in [0, 0.05) is 23.3 Å². The summed E-state index contributed by atoms with van der Waals surface area (Å²) in [5.41, 5.74) is 5.67. The van der Waals surface area contributed by atoms with E-state index >= 15 is 0 Å². The van der Waals surface area contributed by atoms with Gasteiger partial charge in [-0.15, -0.1) is 0 Å². The standard InChI is InChI=1S/C43H38O5/c44-41(40-25-24-39(46-30-34-15-7-2-8-16-34)28-43(40)48-32-36-19-11-4-12-20-36)26-22-37-21-23-38(45-29-33-13-5-1-6-14-33)27-42(37)47-31-35-17-9-3-10-18-35/h1-28,41,44H,29-32H2/b26-22+. The molecule has 1 N–H and O–H groups in total. The van der Waals surface area contributed by atoms with E-state index in [1.165, 1.54) is 0 Å². The average Bonchev–Trinajstić information content (AvgIpc) is 3.15. The van der Waals surface area contributed by atoms with Gasteiger partial charge in [-0.3, -0.25) is 0 Å². The summed E-state index contributed by atoms with van der Waals surface area (Å²) in [6.07, 6.45) is 2.66. The molecule has 0 saturated carbocycles. The molecule has 0 saturated heterocycles. The Kier molecular flexibility index (Phi) is 11.2. The Bertz CT molecular complexity index is 1870. The highest BCUT2D eigenvalue weighted by molar-refractivity contribution is 5.60. The first-order valence-electron chi connectivity index (χ1n) is 16.0. The van der Waals surface area contributed by atoms with Crippen LogP contribution in [0.5, 0.6) is 23.0 Å².